The number of carbonyl (C=O) groups is 2. The van der Waals surface area contributed by atoms with Crippen LogP contribution in [-0.4, -0.2) is 53.8 Å². The topological polar surface area (TPSA) is 52.7 Å². The van der Waals surface area contributed by atoms with E-state index in [0.29, 0.717) is 24.7 Å². The summed E-state index contributed by atoms with van der Waals surface area (Å²) in [5.74, 6) is 0.0772. The summed E-state index contributed by atoms with van der Waals surface area (Å²) >= 11 is 0. The van der Waals surface area contributed by atoms with Crippen LogP contribution in [0.2, 0.25) is 0 Å². The highest BCUT2D eigenvalue weighted by molar-refractivity contribution is 5.97. The normalized spacial score (nSPS) is 21.2. The van der Waals surface area contributed by atoms with Crippen molar-refractivity contribution in [3.05, 3.63) is 29.3 Å². The fourth-order valence-corrected chi connectivity index (χ4v) is 3.25. The Morgan fingerprint density at radius 2 is 2.10 bits per heavy atom. The average molecular weight is 285 g/mol. The summed E-state index contributed by atoms with van der Waals surface area (Å²) in [7, 11) is 0. The molecule has 110 valence electrons. The van der Waals surface area contributed by atoms with E-state index in [1.165, 1.54) is 5.56 Å². The van der Waals surface area contributed by atoms with Crippen LogP contribution in [0, 0.1) is 0 Å². The van der Waals surface area contributed by atoms with Gasteiger partial charge in [0.2, 0.25) is 5.91 Å². The maximum Gasteiger partial charge on any atom is 0.254 e. The van der Waals surface area contributed by atoms with Gasteiger partial charge in [0.05, 0.1) is 0 Å². The van der Waals surface area contributed by atoms with Crippen molar-refractivity contribution >= 4 is 17.5 Å². The number of anilines is 1. The van der Waals surface area contributed by atoms with E-state index in [-0.39, 0.29) is 18.4 Å². The number of hydrogen-bond acceptors (Lipinski definition) is 3. The van der Waals surface area contributed by atoms with E-state index >= 15 is 0 Å². The molecule has 1 aliphatic carbocycles. The quantitative estimate of drug-likeness (QED) is 0.885. The highest BCUT2D eigenvalue weighted by Crippen LogP contribution is 2.28. The molecule has 5 heteroatoms. The van der Waals surface area contributed by atoms with Gasteiger partial charge in [-0.25, -0.2) is 0 Å². The van der Waals surface area contributed by atoms with Crippen molar-refractivity contribution < 1.29 is 9.59 Å². The molecule has 2 fully saturated rings. The van der Waals surface area contributed by atoms with Crippen molar-refractivity contribution in [1.82, 2.24) is 9.80 Å². The van der Waals surface area contributed by atoms with Crippen LogP contribution in [0.3, 0.4) is 0 Å². The second kappa shape index (κ2) is 4.76. The van der Waals surface area contributed by atoms with Gasteiger partial charge in [0.25, 0.3) is 5.91 Å². The van der Waals surface area contributed by atoms with Gasteiger partial charge in [0.1, 0.15) is 6.54 Å². The molecule has 0 aromatic heterocycles. The number of piperazine rings is 1. The molecule has 21 heavy (non-hydrogen) atoms. The van der Waals surface area contributed by atoms with Gasteiger partial charge in [0, 0.05) is 36.9 Å². The molecule has 3 aliphatic rings. The Balaban J connectivity index is 1.49. The molecule has 1 saturated heterocycles. The van der Waals surface area contributed by atoms with Crippen molar-refractivity contribution in [3.63, 3.8) is 0 Å². The third-order valence-electron chi connectivity index (χ3n) is 4.59. The lowest BCUT2D eigenvalue weighted by Crippen LogP contribution is -2.52. The molecular formula is C16H19N3O2. The largest absolute Gasteiger partial charge is 0.384 e. The van der Waals surface area contributed by atoms with Crippen LogP contribution >= 0.6 is 0 Å². The van der Waals surface area contributed by atoms with Gasteiger partial charge in [0.15, 0.2) is 0 Å². The minimum Gasteiger partial charge on any atom is -0.384 e. The fraction of sp³-hybridized carbons (Fsp3) is 0.500. The second-order valence-corrected chi connectivity index (χ2v) is 6.09. The van der Waals surface area contributed by atoms with Crippen molar-refractivity contribution in [2.24, 2.45) is 0 Å². The lowest BCUT2D eigenvalue weighted by Gasteiger charge is -2.34. The summed E-state index contributed by atoms with van der Waals surface area (Å²) in [6, 6.07) is 6.24. The zero-order chi connectivity index (χ0) is 14.4. The number of nitrogens with zero attached hydrogens (tertiary/aromatic N) is 2. The first kappa shape index (κ1) is 12.7. The van der Waals surface area contributed by atoms with Crippen molar-refractivity contribution in [1.29, 1.82) is 0 Å². The maximum absolute atomic E-state index is 12.6. The highest BCUT2D eigenvalue weighted by atomic mass is 16.2. The fourth-order valence-electron chi connectivity index (χ4n) is 3.25. The van der Waals surface area contributed by atoms with Gasteiger partial charge in [-0.05, 0) is 43.0 Å². The van der Waals surface area contributed by atoms with Crippen LogP contribution in [-0.2, 0) is 11.2 Å². The lowest BCUT2D eigenvalue weighted by molar-refractivity contribution is -0.135. The van der Waals surface area contributed by atoms with Crippen LogP contribution < -0.4 is 5.32 Å². The predicted molar refractivity (Wildman–Crippen MR) is 79.3 cm³/mol. The summed E-state index contributed by atoms with van der Waals surface area (Å²) in [5, 5.41) is 3.29. The lowest BCUT2D eigenvalue weighted by atomic mass is 10.1. The molecule has 0 spiro atoms. The number of hydrogen-bond donors (Lipinski definition) is 1. The molecule has 2 aliphatic heterocycles. The molecule has 5 nitrogen and oxygen atoms in total. The third kappa shape index (κ3) is 2.26. The molecular weight excluding hydrogens is 266 g/mol. The van der Waals surface area contributed by atoms with E-state index in [1.807, 2.05) is 23.1 Å². The number of rotatable bonds is 2. The SMILES string of the molecule is O=C(c1ccc2c(c1)CCN2)N1CCN(C2CC2)C(=O)C1. The van der Waals surface area contributed by atoms with Crippen LogP contribution in [0.4, 0.5) is 5.69 Å². The number of nitrogens with one attached hydrogen (secondary N) is 1. The number of fused-ring (bicyclic) bond motifs is 1. The smallest absolute Gasteiger partial charge is 0.254 e. The number of carbonyl (C=O) groups excluding carboxylic acids is 2. The molecule has 2 heterocycles. The average Bonchev–Trinajstić information content (AvgIpc) is 3.23. The highest BCUT2D eigenvalue weighted by Gasteiger charge is 2.37. The Morgan fingerprint density at radius 1 is 1.24 bits per heavy atom. The van der Waals surface area contributed by atoms with Crippen LogP contribution in [0.15, 0.2) is 18.2 Å². The van der Waals surface area contributed by atoms with Crippen molar-refractivity contribution in [2.45, 2.75) is 25.3 Å². The molecule has 1 saturated carbocycles. The molecule has 1 N–H and O–H groups in total. The number of amides is 2. The van der Waals surface area contributed by atoms with Gasteiger partial charge in [-0.3, -0.25) is 9.59 Å². The van der Waals surface area contributed by atoms with Gasteiger partial charge in [-0.15, -0.1) is 0 Å². The van der Waals surface area contributed by atoms with Crippen molar-refractivity contribution in [2.75, 3.05) is 31.5 Å². The van der Waals surface area contributed by atoms with Gasteiger partial charge < -0.3 is 15.1 Å². The molecule has 0 unspecified atom stereocenters. The predicted octanol–water partition coefficient (Wildman–Crippen LogP) is 1.10. The molecule has 4 rings (SSSR count). The molecule has 0 radical (unpaired) electrons. The Labute approximate surface area is 123 Å². The molecule has 1 aromatic carbocycles. The molecule has 2 amide bonds. The molecule has 1 aromatic rings. The van der Waals surface area contributed by atoms with Gasteiger partial charge in [-0.2, -0.15) is 0 Å². The van der Waals surface area contributed by atoms with Crippen LogP contribution in [0.5, 0.6) is 0 Å². The van der Waals surface area contributed by atoms with E-state index in [9.17, 15) is 9.59 Å². The minimum atomic E-state index is -0.0199. The first-order chi connectivity index (χ1) is 10.2. The Hall–Kier alpha value is -2.04. The standard InChI is InChI=1S/C16H19N3O2/c20-15-10-18(7-8-19(15)13-2-3-13)16(21)12-1-4-14-11(9-12)5-6-17-14/h1,4,9,13,17H,2-3,5-8,10H2. The van der Waals surface area contributed by atoms with Crippen molar-refractivity contribution in [3.8, 4) is 0 Å². The van der Waals surface area contributed by atoms with Crippen LogP contribution in [0.25, 0.3) is 0 Å². The van der Waals surface area contributed by atoms with E-state index in [2.05, 4.69) is 5.32 Å². The van der Waals surface area contributed by atoms with E-state index < -0.39 is 0 Å². The van der Waals surface area contributed by atoms with Crippen LogP contribution in [0.1, 0.15) is 28.8 Å². The van der Waals surface area contributed by atoms with E-state index in [0.717, 1.165) is 31.5 Å². The first-order valence-electron chi connectivity index (χ1n) is 7.68. The summed E-state index contributed by atoms with van der Waals surface area (Å²) in [5.41, 5.74) is 3.02. The molecule has 0 atom stereocenters. The third-order valence-corrected chi connectivity index (χ3v) is 4.59. The maximum atomic E-state index is 12.6. The summed E-state index contributed by atoms with van der Waals surface area (Å²) < 4.78 is 0. The molecule has 0 bridgehead atoms. The first-order valence-corrected chi connectivity index (χ1v) is 7.68. The summed E-state index contributed by atoms with van der Waals surface area (Å²) in [6.45, 7) is 2.49. The monoisotopic (exact) mass is 285 g/mol. The van der Waals surface area contributed by atoms with Gasteiger partial charge >= 0.3 is 0 Å². The number of benzene rings is 1. The summed E-state index contributed by atoms with van der Waals surface area (Å²) in [4.78, 5) is 28.3. The van der Waals surface area contributed by atoms with Gasteiger partial charge in [-0.1, -0.05) is 0 Å². The zero-order valence-electron chi connectivity index (χ0n) is 12.0. The Morgan fingerprint density at radius 3 is 2.86 bits per heavy atom. The zero-order valence-corrected chi connectivity index (χ0v) is 12.0. The Bertz CT molecular complexity index is 610. The minimum absolute atomic E-state index is 0.0199. The second-order valence-electron chi connectivity index (χ2n) is 6.09. The summed E-state index contributed by atoms with van der Waals surface area (Å²) in [6.07, 6.45) is 3.21. The Kier molecular flexibility index (Phi) is 2.87. The van der Waals surface area contributed by atoms with E-state index in [1.54, 1.807) is 4.90 Å². The van der Waals surface area contributed by atoms with E-state index in [4.69, 9.17) is 0 Å².